The zero-order chi connectivity index (χ0) is 11.3. The Kier molecular flexibility index (Phi) is 5.27. The SMILES string of the molecule is CC(Cl)CN(CC(C)Cl)c1ccccc1. The average Bonchev–Trinajstić information content (AvgIpc) is 2.17. The van der Waals surface area contributed by atoms with Crippen LogP contribution in [0.25, 0.3) is 0 Å². The van der Waals surface area contributed by atoms with Crippen molar-refractivity contribution in [3.63, 3.8) is 0 Å². The summed E-state index contributed by atoms with van der Waals surface area (Å²) in [6.07, 6.45) is 0. The van der Waals surface area contributed by atoms with Crippen molar-refractivity contribution in [3.8, 4) is 0 Å². The van der Waals surface area contributed by atoms with Crippen molar-refractivity contribution >= 4 is 28.9 Å². The Morgan fingerprint density at radius 1 is 1.00 bits per heavy atom. The molecule has 0 N–H and O–H groups in total. The Morgan fingerprint density at radius 3 is 1.87 bits per heavy atom. The molecular weight excluding hydrogens is 229 g/mol. The highest BCUT2D eigenvalue weighted by Gasteiger charge is 2.11. The first-order valence-corrected chi connectivity index (χ1v) is 6.05. The summed E-state index contributed by atoms with van der Waals surface area (Å²) in [5, 5.41) is 0.251. The molecule has 0 saturated carbocycles. The molecule has 0 aliphatic heterocycles. The van der Waals surface area contributed by atoms with Crippen LogP contribution in [0, 0.1) is 0 Å². The maximum atomic E-state index is 6.02. The molecule has 0 aliphatic rings. The fraction of sp³-hybridized carbons (Fsp3) is 0.500. The summed E-state index contributed by atoms with van der Waals surface area (Å²) >= 11 is 12.0. The minimum absolute atomic E-state index is 0.126. The first kappa shape index (κ1) is 12.7. The van der Waals surface area contributed by atoms with Crippen LogP contribution in [0.5, 0.6) is 0 Å². The molecule has 0 saturated heterocycles. The Labute approximate surface area is 102 Å². The summed E-state index contributed by atoms with van der Waals surface area (Å²) in [4.78, 5) is 2.22. The van der Waals surface area contributed by atoms with Crippen molar-refractivity contribution in [1.29, 1.82) is 0 Å². The maximum Gasteiger partial charge on any atom is 0.0483 e. The molecule has 0 heterocycles. The van der Waals surface area contributed by atoms with Gasteiger partial charge in [-0.1, -0.05) is 18.2 Å². The van der Waals surface area contributed by atoms with Gasteiger partial charge in [-0.2, -0.15) is 0 Å². The smallest absolute Gasteiger partial charge is 0.0483 e. The van der Waals surface area contributed by atoms with Crippen LogP contribution in [0.1, 0.15) is 13.8 Å². The number of para-hydroxylation sites is 1. The van der Waals surface area contributed by atoms with E-state index in [2.05, 4.69) is 17.0 Å². The van der Waals surface area contributed by atoms with Crippen molar-refractivity contribution in [3.05, 3.63) is 30.3 Å². The molecule has 0 amide bonds. The number of hydrogen-bond donors (Lipinski definition) is 0. The normalized spacial score (nSPS) is 14.7. The number of rotatable bonds is 5. The van der Waals surface area contributed by atoms with Gasteiger partial charge in [-0.05, 0) is 26.0 Å². The zero-order valence-corrected chi connectivity index (χ0v) is 10.7. The molecule has 2 unspecified atom stereocenters. The Hall–Kier alpha value is -0.400. The van der Waals surface area contributed by atoms with Crippen LogP contribution in [-0.2, 0) is 0 Å². The standard InChI is InChI=1S/C12H17Cl2N/c1-10(13)8-15(9-11(2)14)12-6-4-3-5-7-12/h3-7,10-11H,8-9H2,1-2H3. The predicted octanol–water partition coefficient (Wildman–Crippen LogP) is 3.75. The van der Waals surface area contributed by atoms with Crippen molar-refractivity contribution < 1.29 is 0 Å². The Balaban J connectivity index is 2.72. The number of alkyl halides is 2. The van der Waals surface area contributed by atoms with Crippen LogP contribution in [0.3, 0.4) is 0 Å². The third-order valence-electron chi connectivity index (χ3n) is 2.07. The van der Waals surface area contributed by atoms with E-state index in [1.807, 2.05) is 32.0 Å². The molecule has 3 heteroatoms. The second-order valence-corrected chi connectivity index (χ2v) is 5.29. The van der Waals surface area contributed by atoms with Crippen molar-refractivity contribution in [2.24, 2.45) is 0 Å². The lowest BCUT2D eigenvalue weighted by molar-refractivity contribution is 0.753. The third kappa shape index (κ3) is 4.76. The lowest BCUT2D eigenvalue weighted by atomic mass is 10.2. The molecule has 15 heavy (non-hydrogen) atoms. The van der Waals surface area contributed by atoms with Crippen LogP contribution in [-0.4, -0.2) is 23.8 Å². The molecule has 0 spiro atoms. The monoisotopic (exact) mass is 245 g/mol. The minimum atomic E-state index is 0.126. The predicted molar refractivity (Wildman–Crippen MR) is 69.3 cm³/mol. The van der Waals surface area contributed by atoms with Gasteiger partial charge in [0.2, 0.25) is 0 Å². The highest BCUT2D eigenvalue weighted by atomic mass is 35.5. The van der Waals surface area contributed by atoms with Gasteiger partial charge in [-0.3, -0.25) is 0 Å². The first-order chi connectivity index (χ1) is 7.09. The molecule has 0 fully saturated rings. The second kappa shape index (κ2) is 6.24. The fourth-order valence-electron chi connectivity index (χ4n) is 1.53. The van der Waals surface area contributed by atoms with Crippen molar-refractivity contribution in [1.82, 2.24) is 0 Å². The summed E-state index contributed by atoms with van der Waals surface area (Å²) in [5.74, 6) is 0. The molecule has 2 atom stereocenters. The van der Waals surface area contributed by atoms with E-state index in [4.69, 9.17) is 23.2 Å². The van der Waals surface area contributed by atoms with Crippen LogP contribution in [0.4, 0.5) is 5.69 Å². The van der Waals surface area contributed by atoms with Gasteiger partial charge in [-0.15, -0.1) is 23.2 Å². The van der Waals surface area contributed by atoms with Crippen molar-refractivity contribution in [2.45, 2.75) is 24.6 Å². The molecule has 1 aromatic rings. The van der Waals surface area contributed by atoms with Crippen LogP contribution >= 0.6 is 23.2 Å². The molecular formula is C12H17Cl2N. The molecule has 1 nitrogen and oxygen atoms in total. The van der Waals surface area contributed by atoms with Crippen LogP contribution < -0.4 is 4.90 Å². The van der Waals surface area contributed by atoms with E-state index in [9.17, 15) is 0 Å². The number of benzene rings is 1. The van der Waals surface area contributed by atoms with Gasteiger partial charge >= 0.3 is 0 Å². The van der Waals surface area contributed by atoms with E-state index in [0.717, 1.165) is 13.1 Å². The number of halogens is 2. The number of nitrogens with zero attached hydrogens (tertiary/aromatic N) is 1. The van der Waals surface area contributed by atoms with Gasteiger partial charge in [0.1, 0.15) is 0 Å². The van der Waals surface area contributed by atoms with Gasteiger partial charge in [0.15, 0.2) is 0 Å². The molecule has 0 radical (unpaired) electrons. The largest absolute Gasteiger partial charge is 0.369 e. The third-order valence-corrected chi connectivity index (χ3v) is 2.34. The molecule has 0 aromatic heterocycles. The maximum absolute atomic E-state index is 6.02. The highest BCUT2D eigenvalue weighted by molar-refractivity contribution is 6.21. The number of hydrogen-bond acceptors (Lipinski definition) is 1. The summed E-state index contributed by atoms with van der Waals surface area (Å²) in [5.41, 5.74) is 1.18. The summed E-state index contributed by atoms with van der Waals surface area (Å²) < 4.78 is 0. The van der Waals surface area contributed by atoms with Crippen molar-refractivity contribution in [2.75, 3.05) is 18.0 Å². The minimum Gasteiger partial charge on any atom is -0.369 e. The number of anilines is 1. The van der Waals surface area contributed by atoms with Crippen LogP contribution in [0.2, 0.25) is 0 Å². The lowest BCUT2D eigenvalue weighted by Crippen LogP contribution is -2.33. The molecule has 1 aromatic carbocycles. The molecule has 1 rings (SSSR count). The fourth-order valence-corrected chi connectivity index (χ4v) is 1.86. The summed E-state index contributed by atoms with van der Waals surface area (Å²) in [6.45, 7) is 5.64. The summed E-state index contributed by atoms with van der Waals surface area (Å²) in [6, 6.07) is 10.2. The van der Waals surface area contributed by atoms with E-state index >= 15 is 0 Å². The summed E-state index contributed by atoms with van der Waals surface area (Å²) in [7, 11) is 0. The quantitative estimate of drug-likeness (QED) is 0.715. The molecule has 84 valence electrons. The van der Waals surface area contributed by atoms with Gasteiger partial charge in [0.05, 0.1) is 0 Å². The highest BCUT2D eigenvalue weighted by Crippen LogP contribution is 2.16. The second-order valence-electron chi connectivity index (χ2n) is 3.80. The topological polar surface area (TPSA) is 3.24 Å². The molecule has 0 bridgehead atoms. The Morgan fingerprint density at radius 2 is 1.47 bits per heavy atom. The van der Waals surface area contributed by atoms with E-state index < -0.39 is 0 Å². The van der Waals surface area contributed by atoms with E-state index in [1.54, 1.807) is 0 Å². The van der Waals surface area contributed by atoms with E-state index in [-0.39, 0.29) is 10.8 Å². The van der Waals surface area contributed by atoms with E-state index in [1.165, 1.54) is 5.69 Å². The van der Waals surface area contributed by atoms with Gasteiger partial charge < -0.3 is 4.90 Å². The zero-order valence-electron chi connectivity index (χ0n) is 9.16. The first-order valence-electron chi connectivity index (χ1n) is 5.17. The Bertz CT molecular complexity index is 262. The van der Waals surface area contributed by atoms with Gasteiger partial charge in [-0.25, -0.2) is 0 Å². The van der Waals surface area contributed by atoms with Gasteiger partial charge in [0.25, 0.3) is 0 Å². The molecule has 0 aliphatic carbocycles. The van der Waals surface area contributed by atoms with Crippen LogP contribution in [0.15, 0.2) is 30.3 Å². The van der Waals surface area contributed by atoms with E-state index in [0.29, 0.717) is 0 Å². The lowest BCUT2D eigenvalue weighted by Gasteiger charge is -2.27. The van der Waals surface area contributed by atoms with Gasteiger partial charge in [0, 0.05) is 29.5 Å². The average molecular weight is 246 g/mol.